The molecular formula is CH4BiN5O10. The van der Waals surface area contributed by atoms with Crippen molar-refractivity contribution < 1.29 is 20.1 Å². The molecule has 17 heavy (non-hydrogen) atoms. The molecule has 16 heteroatoms. The van der Waals surface area contributed by atoms with Gasteiger partial charge in [-0.1, -0.05) is 0 Å². The van der Waals surface area contributed by atoms with Crippen molar-refractivity contribution in [3.8, 4) is 0 Å². The van der Waals surface area contributed by atoms with Crippen molar-refractivity contribution in [3.63, 3.8) is 0 Å². The Morgan fingerprint density at radius 3 is 0.706 bits per heavy atom. The Bertz CT molecular complexity index is 165. The Hall–Kier alpha value is -2.25. The third-order valence-electron chi connectivity index (χ3n) is 0. The molecule has 15 nitrogen and oxygen atoms in total. The van der Waals surface area contributed by atoms with E-state index < -0.39 is 21.3 Å². The van der Waals surface area contributed by atoms with Crippen molar-refractivity contribution in [2.75, 3.05) is 0 Å². The molecule has 0 aromatic heterocycles. The van der Waals surface area contributed by atoms with E-state index in [1.807, 2.05) is 0 Å². The summed E-state index contributed by atoms with van der Waals surface area (Å²) in [5, 5.41) is 44.2. The number of rotatable bonds is 0. The topological polar surface area (TPSA) is 268 Å². The van der Waals surface area contributed by atoms with Gasteiger partial charge < -0.3 is 57.4 Å². The molecule has 0 bridgehead atoms. The first-order valence-corrected chi connectivity index (χ1v) is 2.42. The molecule has 2 amide bonds. The number of hydrogen-bond donors (Lipinski definition) is 2. The molecule has 0 aliphatic carbocycles. The van der Waals surface area contributed by atoms with E-state index in [1.54, 1.807) is 0 Å². The summed E-state index contributed by atoms with van der Waals surface area (Å²) in [5.74, 6) is 0. The molecule has 2 radical (unpaired) electrons. The van der Waals surface area contributed by atoms with Crippen LogP contribution in [0.3, 0.4) is 0 Å². The van der Waals surface area contributed by atoms with Crippen LogP contribution in [0.2, 0.25) is 0 Å². The van der Waals surface area contributed by atoms with Crippen molar-refractivity contribution in [1.82, 2.24) is 0 Å². The normalized spacial score (nSPS) is 5.65. The molecule has 0 aliphatic rings. The van der Waals surface area contributed by atoms with Gasteiger partial charge in [0.05, 0.1) is 15.3 Å². The number of nitrogens with zero attached hydrogens (tertiary/aromatic N) is 3. The SMILES string of the molecule is NC(N)=O.O=[N+]([O-])[O-].O=[N+]([O-])[O-].O=[N+]([O-])[O-].[Bi+3]. The third kappa shape index (κ3) is 376. The zero-order valence-corrected chi connectivity index (χ0v) is 11.0. The first-order valence-electron chi connectivity index (χ1n) is 2.42. The van der Waals surface area contributed by atoms with Crippen LogP contribution in [0.15, 0.2) is 0 Å². The van der Waals surface area contributed by atoms with Crippen molar-refractivity contribution in [3.05, 3.63) is 46.0 Å². The van der Waals surface area contributed by atoms with Crippen LogP contribution in [-0.2, 0) is 0 Å². The van der Waals surface area contributed by atoms with Crippen LogP contribution in [0.5, 0.6) is 0 Å². The minimum absolute atomic E-state index is 0. The summed E-state index contributed by atoms with van der Waals surface area (Å²) in [7, 11) is 0. The van der Waals surface area contributed by atoms with E-state index in [4.69, 9.17) is 50.8 Å². The summed E-state index contributed by atoms with van der Waals surface area (Å²) in [6.45, 7) is 0. The Morgan fingerprint density at radius 1 is 0.706 bits per heavy atom. The second kappa shape index (κ2) is 23.5. The van der Waals surface area contributed by atoms with Crippen LogP contribution in [0, 0.1) is 46.0 Å². The quantitative estimate of drug-likeness (QED) is 0.229. The first-order chi connectivity index (χ1) is 6.93. The number of carbonyl (C=O) groups excluding carboxylic acids is 1. The first kappa shape index (κ1) is 29.3. The molecular weight excluding hydrogens is 451 g/mol. The van der Waals surface area contributed by atoms with Crippen molar-refractivity contribution >= 4 is 32.2 Å². The second-order valence-corrected chi connectivity index (χ2v) is 1.07. The Labute approximate surface area is 110 Å². The van der Waals surface area contributed by atoms with Gasteiger partial charge in [-0.05, 0) is 0 Å². The maximum Gasteiger partial charge on any atom is 3.00 e. The maximum absolute atomic E-state index is 9.00. The summed E-state index contributed by atoms with van der Waals surface area (Å²) in [6.07, 6.45) is 0. The van der Waals surface area contributed by atoms with Gasteiger partial charge in [0.2, 0.25) is 0 Å². The maximum atomic E-state index is 9.00. The fourth-order valence-electron chi connectivity index (χ4n) is 0. The van der Waals surface area contributed by atoms with Gasteiger partial charge in [0.15, 0.2) is 0 Å². The summed E-state index contributed by atoms with van der Waals surface area (Å²) < 4.78 is 0. The number of hydrogen-bond acceptors (Lipinski definition) is 10. The molecule has 0 fully saturated rings. The number of nitrogens with two attached hydrogens (primary N) is 2. The molecule has 0 aromatic carbocycles. The largest absolute Gasteiger partial charge is 3.00 e. The van der Waals surface area contributed by atoms with Crippen molar-refractivity contribution in [2.24, 2.45) is 11.5 Å². The zero-order valence-electron chi connectivity index (χ0n) is 7.53. The molecule has 0 heterocycles. The minimum atomic E-state index is -1.75. The van der Waals surface area contributed by atoms with Gasteiger partial charge in [0, 0.05) is 0 Å². The van der Waals surface area contributed by atoms with Gasteiger partial charge in [-0.25, -0.2) is 4.79 Å². The summed E-state index contributed by atoms with van der Waals surface area (Å²) in [6, 6.07) is -0.833. The number of primary amides is 2. The van der Waals surface area contributed by atoms with Crippen LogP contribution in [-0.4, -0.2) is 47.5 Å². The van der Waals surface area contributed by atoms with E-state index in [0.717, 1.165) is 0 Å². The van der Waals surface area contributed by atoms with Crippen LogP contribution < -0.4 is 11.5 Å². The molecule has 0 saturated heterocycles. The average molecular weight is 455 g/mol. The van der Waals surface area contributed by atoms with Gasteiger partial charge in [-0.3, -0.25) is 0 Å². The summed E-state index contributed by atoms with van der Waals surface area (Å²) in [4.78, 5) is 33.8. The van der Waals surface area contributed by atoms with Crippen LogP contribution in [0.4, 0.5) is 4.79 Å². The van der Waals surface area contributed by atoms with E-state index in [0.29, 0.717) is 0 Å². The Balaban J connectivity index is -0.0000000369. The van der Waals surface area contributed by atoms with Crippen molar-refractivity contribution in [2.45, 2.75) is 0 Å². The number of carbonyl (C=O) groups is 1. The van der Waals surface area contributed by atoms with Gasteiger partial charge in [0.1, 0.15) is 0 Å². The number of urea groups is 1. The van der Waals surface area contributed by atoms with Crippen molar-refractivity contribution in [1.29, 1.82) is 0 Å². The third-order valence-corrected chi connectivity index (χ3v) is 0. The van der Waals surface area contributed by atoms with Gasteiger partial charge in [-0.2, -0.15) is 0 Å². The smallest absolute Gasteiger partial charge is 0.356 e. The average Bonchev–Trinajstić information content (AvgIpc) is 1.76. The fourth-order valence-corrected chi connectivity index (χ4v) is 0. The predicted octanol–water partition coefficient (Wildman–Crippen LogP) is -2.07. The van der Waals surface area contributed by atoms with E-state index in [-0.39, 0.29) is 26.2 Å². The van der Waals surface area contributed by atoms with Gasteiger partial charge >= 0.3 is 32.2 Å². The molecule has 0 rings (SSSR count). The summed E-state index contributed by atoms with van der Waals surface area (Å²) in [5.41, 5.74) is 8.50. The van der Waals surface area contributed by atoms with Crippen LogP contribution >= 0.6 is 0 Å². The summed E-state index contributed by atoms with van der Waals surface area (Å²) >= 11 is 0. The molecule has 0 saturated carbocycles. The fraction of sp³-hybridized carbons (Fsp3) is 0. The second-order valence-electron chi connectivity index (χ2n) is 1.07. The Morgan fingerprint density at radius 2 is 0.706 bits per heavy atom. The Kier molecular flexibility index (Phi) is 40.6. The molecule has 98 valence electrons. The molecule has 0 spiro atoms. The zero-order chi connectivity index (χ0) is 14.3. The van der Waals surface area contributed by atoms with E-state index in [1.165, 1.54) is 0 Å². The predicted molar refractivity (Wildman–Crippen MR) is 50.6 cm³/mol. The molecule has 0 atom stereocenters. The standard InChI is InChI=1S/CH4N2O.Bi.3NO3/c2-1(3)4;;3*2-1(3)4/h(H4,2,3,4);;;;/q;+3;3*-1. The molecule has 0 aromatic rings. The number of amides is 2. The minimum Gasteiger partial charge on any atom is -0.356 e. The van der Waals surface area contributed by atoms with E-state index in [2.05, 4.69) is 11.5 Å². The van der Waals surface area contributed by atoms with Gasteiger partial charge in [0.25, 0.3) is 0 Å². The van der Waals surface area contributed by atoms with E-state index >= 15 is 0 Å². The molecule has 0 unspecified atom stereocenters. The van der Waals surface area contributed by atoms with Crippen LogP contribution in [0.1, 0.15) is 0 Å². The monoisotopic (exact) mass is 455 g/mol. The molecule has 0 aliphatic heterocycles. The van der Waals surface area contributed by atoms with Gasteiger partial charge in [-0.15, -0.1) is 0 Å². The van der Waals surface area contributed by atoms with Crippen LogP contribution in [0.25, 0.3) is 0 Å². The molecule has 4 N–H and O–H groups in total. The van der Waals surface area contributed by atoms with E-state index in [9.17, 15) is 0 Å².